The molecule has 2 aromatic rings. The zero-order valence-corrected chi connectivity index (χ0v) is 13.1. The Morgan fingerprint density at radius 1 is 1.13 bits per heavy atom. The molecular formula is C16H12N5OS+. The predicted octanol–water partition coefficient (Wildman–Crippen LogP) is 2.12. The monoisotopic (exact) mass is 322 g/mol. The molecular weight excluding hydrogens is 310 g/mol. The van der Waals surface area contributed by atoms with Gasteiger partial charge in [0.25, 0.3) is 5.82 Å². The second-order valence-electron chi connectivity index (χ2n) is 4.39. The topological polar surface area (TPSA) is 121 Å². The summed E-state index contributed by atoms with van der Waals surface area (Å²) in [7, 11) is 1.56. The highest BCUT2D eigenvalue weighted by molar-refractivity contribution is 7.99. The van der Waals surface area contributed by atoms with Gasteiger partial charge in [0.1, 0.15) is 29.0 Å². The van der Waals surface area contributed by atoms with E-state index < -0.39 is 0 Å². The molecule has 0 aliphatic carbocycles. The van der Waals surface area contributed by atoms with Gasteiger partial charge in [-0.3, -0.25) is 5.73 Å². The van der Waals surface area contributed by atoms with Crippen molar-refractivity contribution in [1.82, 2.24) is 0 Å². The SMILES string of the molecule is COc1ccc(-c2c(C#N)c(N)[nH+]c(SCC#N)c2C#N)cc1. The van der Waals surface area contributed by atoms with Crippen molar-refractivity contribution in [1.29, 1.82) is 15.8 Å². The molecule has 0 amide bonds. The van der Waals surface area contributed by atoms with Crippen LogP contribution in [0.15, 0.2) is 29.3 Å². The van der Waals surface area contributed by atoms with E-state index in [1.54, 1.807) is 31.4 Å². The van der Waals surface area contributed by atoms with Crippen LogP contribution in [0.3, 0.4) is 0 Å². The third-order valence-corrected chi connectivity index (χ3v) is 4.00. The first kappa shape index (κ1) is 16.2. The van der Waals surface area contributed by atoms with Crippen LogP contribution in [0.25, 0.3) is 11.1 Å². The number of hydrogen-bond acceptors (Lipinski definition) is 6. The highest BCUT2D eigenvalue weighted by atomic mass is 32.2. The summed E-state index contributed by atoms with van der Waals surface area (Å²) in [6.07, 6.45) is 0. The van der Waals surface area contributed by atoms with Gasteiger partial charge in [-0.25, -0.2) is 4.98 Å². The van der Waals surface area contributed by atoms with Gasteiger partial charge >= 0.3 is 0 Å². The number of nitrogens with one attached hydrogen (secondary N) is 1. The van der Waals surface area contributed by atoms with Crippen molar-refractivity contribution in [3.05, 3.63) is 35.4 Å². The van der Waals surface area contributed by atoms with Crippen molar-refractivity contribution in [2.45, 2.75) is 5.03 Å². The number of nitrogens with two attached hydrogens (primary N) is 1. The van der Waals surface area contributed by atoms with Gasteiger partial charge in [0.15, 0.2) is 5.03 Å². The standard InChI is InChI=1S/C16H11N5OS/c1-22-11-4-2-10(3-5-11)14-12(8-18)15(20)21-16(13(14)9-19)23-7-6-17/h2-5H,7H2,1H3,(H2,20,21)/p+1. The smallest absolute Gasteiger partial charge is 0.289 e. The van der Waals surface area contributed by atoms with E-state index in [0.29, 0.717) is 27.5 Å². The Morgan fingerprint density at radius 2 is 1.78 bits per heavy atom. The normalized spacial score (nSPS) is 9.48. The fourth-order valence-corrected chi connectivity index (χ4v) is 2.79. The predicted molar refractivity (Wildman–Crippen MR) is 85.2 cm³/mol. The second kappa shape index (κ2) is 7.17. The van der Waals surface area contributed by atoms with Crippen molar-refractivity contribution < 1.29 is 9.72 Å². The summed E-state index contributed by atoms with van der Waals surface area (Å²) in [5, 5.41) is 28.1. The molecule has 1 heterocycles. The van der Waals surface area contributed by atoms with Gasteiger partial charge in [-0.2, -0.15) is 15.8 Å². The van der Waals surface area contributed by atoms with E-state index in [1.165, 1.54) is 11.8 Å². The molecule has 6 nitrogen and oxygen atoms in total. The minimum absolute atomic E-state index is 0.165. The molecule has 0 saturated carbocycles. The van der Waals surface area contributed by atoms with Crippen molar-refractivity contribution in [3.63, 3.8) is 0 Å². The van der Waals surface area contributed by atoms with Crippen LogP contribution in [0.4, 0.5) is 5.82 Å². The van der Waals surface area contributed by atoms with E-state index in [-0.39, 0.29) is 17.1 Å². The summed E-state index contributed by atoms with van der Waals surface area (Å²) in [4.78, 5) is 2.83. The summed E-state index contributed by atoms with van der Waals surface area (Å²) >= 11 is 1.17. The number of thioether (sulfide) groups is 1. The van der Waals surface area contributed by atoms with Crippen LogP contribution in [0.2, 0.25) is 0 Å². The number of hydrogen-bond donors (Lipinski definition) is 1. The molecule has 0 spiro atoms. The molecule has 7 heteroatoms. The summed E-state index contributed by atoms with van der Waals surface area (Å²) in [5.74, 6) is 0.997. The number of aromatic nitrogens is 1. The number of nitrogens with zero attached hydrogens (tertiary/aromatic N) is 3. The fraction of sp³-hybridized carbons (Fsp3) is 0.125. The molecule has 0 atom stereocenters. The van der Waals surface area contributed by atoms with Gasteiger partial charge in [-0.05, 0) is 17.7 Å². The van der Waals surface area contributed by atoms with Gasteiger partial charge in [-0.15, -0.1) is 0 Å². The third-order valence-electron chi connectivity index (χ3n) is 3.13. The lowest BCUT2D eigenvalue weighted by Crippen LogP contribution is -2.18. The van der Waals surface area contributed by atoms with Crippen molar-refractivity contribution in [2.75, 3.05) is 18.6 Å². The molecule has 1 aromatic heterocycles. The maximum atomic E-state index is 9.53. The van der Waals surface area contributed by atoms with Gasteiger partial charge < -0.3 is 4.74 Å². The number of ether oxygens (including phenoxy) is 1. The minimum Gasteiger partial charge on any atom is -0.497 e. The average molecular weight is 322 g/mol. The van der Waals surface area contributed by atoms with E-state index in [4.69, 9.17) is 15.7 Å². The minimum atomic E-state index is 0.165. The van der Waals surface area contributed by atoms with Gasteiger partial charge in [0, 0.05) is 5.56 Å². The molecule has 0 radical (unpaired) electrons. The van der Waals surface area contributed by atoms with Crippen LogP contribution in [0.1, 0.15) is 11.1 Å². The number of anilines is 1. The number of pyridine rings is 1. The Morgan fingerprint density at radius 3 is 2.30 bits per heavy atom. The second-order valence-corrected chi connectivity index (χ2v) is 5.38. The number of benzene rings is 1. The molecule has 1 aromatic carbocycles. The largest absolute Gasteiger partial charge is 0.497 e. The van der Waals surface area contributed by atoms with Crippen LogP contribution < -0.4 is 15.5 Å². The van der Waals surface area contributed by atoms with Gasteiger partial charge in [0.05, 0.1) is 18.9 Å². The van der Waals surface area contributed by atoms with E-state index in [0.717, 1.165) is 0 Å². The Labute approximate surface area is 137 Å². The van der Waals surface area contributed by atoms with E-state index in [9.17, 15) is 10.5 Å². The number of aromatic amines is 1. The Bertz CT molecular complexity index is 857. The number of H-pyrrole nitrogens is 1. The van der Waals surface area contributed by atoms with Gasteiger partial charge in [-0.1, -0.05) is 23.9 Å². The highest BCUT2D eigenvalue weighted by Gasteiger charge is 2.23. The van der Waals surface area contributed by atoms with Crippen LogP contribution >= 0.6 is 11.8 Å². The quantitative estimate of drug-likeness (QED) is 0.860. The van der Waals surface area contributed by atoms with E-state index >= 15 is 0 Å². The van der Waals surface area contributed by atoms with Crippen LogP contribution in [0, 0.1) is 34.0 Å². The lowest BCUT2D eigenvalue weighted by molar-refractivity contribution is -0.410. The zero-order chi connectivity index (χ0) is 16.8. The summed E-state index contributed by atoms with van der Waals surface area (Å²) < 4.78 is 5.12. The summed E-state index contributed by atoms with van der Waals surface area (Å²) in [6.45, 7) is 0. The first-order valence-electron chi connectivity index (χ1n) is 6.49. The summed E-state index contributed by atoms with van der Waals surface area (Å²) in [6, 6.07) is 13.1. The van der Waals surface area contributed by atoms with Gasteiger partial charge in [0.2, 0.25) is 0 Å². The zero-order valence-electron chi connectivity index (χ0n) is 12.3. The van der Waals surface area contributed by atoms with Crippen molar-refractivity contribution in [2.24, 2.45) is 0 Å². The van der Waals surface area contributed by atoms with Crippen molar-refractivity contribution >= 4 is 17.6 Å². The fourth-order valence-electron chi connectivity index (χ4n) is 2.10. The maximum Gasteiger partial charge on any atom is 0.289 e. The molecule has 2 rings (SSSR count). The Balaban J connectivity index is 2.73. The lowest BCUT2D eigenvalue weighted by atomic mass is 9.97. The maximum absolute atomic E-state index is 9.53. The van der Waals surface area contributed by atoms with Crippen molar-refractivity contribution in [3.8, 4) is 35.1 Å². The van der Waals surface area contributed by atoms with E-state index in [2.05, 4.69) is 11.1 Å². The molecule has 0 unspecified atom stereocenters. The number of nitrogen functional groups attached to an aromatic ring is 1. The van der Waals surface area contributed by atoms with Crippen LogP contribution in [-0.2, 0) is 0 Å². The molecule has 23 heavy (non-hydrogen) atoms. The molecule has 0 fully saturated rings. The molecule has 3 N–H and O–H groups in total. The lowest BCUT2D eigenvalue weighted by Gasteiger charge is -2.10. The Kier molecular flexibility index (Phi) is 5.04. The molecule has 0 bridgehead atoms. The first-order chi connectivity index (χ1) is 11.2. The summed E-state index contributed by atoms with van der Waals surface area (Å²) in [5.41, 5.74) is 7.54. The number of rotatable bonds is 4. The van der Waals surface area contributed by atoms with E-state index in [1.807, 2.05) is 12.1 Å². The number of methoxy groups -OCH3 is 1. The Hall–Kier alpha value is -3.21. The molecule has 112 valence electrons. The third kappa shape index (κ3) is 3.18. The average Bonchev–Trinajstić information content (AvgIpc) is 2.59. The molecule has 0 aliphatic rings. The first-order valence-corrected chi connectivity index (χ1v) is 7.48. The molecule has 0 aliphatic heterocycles. The van der Waals surface area contributed by atoms with Crippen LogP contribution in [-0.4, -0.2) is 12.9 Å². The number of nitriles is 3. The van der Waals surface area contributed by atoms with Crippen LogP contribution in [0.5, 0.6) is 5.75 Å². The highest BCUT2D eigenvalue weighted by Crippen LogP contribution is 2.34. The molecule has 0 saturated heterocycles.